The second-order valence-electron chi connectivity index (χ2n) is 13.0. The number of aromatic nitrogens is 1. The number of rotatable bonds is 9. The van der Waals surface area contributed by atoms with E-state index < -0.39 is 35.5 Å². The molecule has 2 unspecified atom stereocenters. The quantitative estimate of drug-likeness (QED) is 0.249. The Bertz CT molecular complexity index is 1830. The maximum absolute atomic E-state index is 15.2. The molecule has 2 aliphatic heterocycles. The van der Waals surface area contributed by atoms with Gasteiger partial charge in [-0.25, -0.2) is 4.39 Å². The van der Waals surface area contributed by atoms with Gasteiger partial charge in [-0.05, 0) is 88.1 Å². The van der Waals surface area contributed by atoms with Crippen LogP contribution in [0.5, 0.6) is 0 Å². The number of benzene rings is 2. The lowest BCUT2D eigenvalue weighted by Crippen LogP contribution is -2.54. The number of piperidine rings is 1. The number of hydrogen-bond acceptors (Lipinski definition) is 8. The van der Waals surface area contributed by atoms with Crippen molar-refractivity contribution in [2.24, 2.45) is 11.8 Å². The number of anilines is 2. The molecule has 4 amide bonds. The summed E-state index contributed by atoms with van der Waals surface area (Å²) >= 11 is 0. The van der Waals surface area contributed by atoms with Crippen molar-refractivity contribution in [3.63, 3.8) is 0 Å². The molecule has 0 radical (unpaired) electrons. The molecular formula is C35H36FN5O5. The van der Waals surface area contributed by atoms with Gasteiger partial charge in [-0.1, -0.05) is 28.9 Å². The van der Waals surface area contributed by atoms with Crippen molar-refractivity contribution in [2.45, 2.75) is 65.5 Å². The van der Waals surface area contributed by atoms with E-state index in [2.05, 4.69) is 58.8 Å². The van der Waals surface area contributed by atoms with Gasteiger partial charge in [0.1, 0.15) is 17.6 Å². The fourth-order valence-electron chi connectivity index (χ4n) is 7.10. The summed E-state index contributed by atoms with van der Waals surface area (Å²) in [6.45, 7) is 9.56. The largest absolute Gasteiger partial charge is 0.382 e. The highest BCUT2D eigenvalue weighted by molar-refractivity contribution is 6.23. The molecule has 11 heteroatoms. The molecule has 3 heterocycles. The monoisotopic (exact) mass is 625 g/mol. The van der Waals surface area contributed by atoms with E-state index in [0.717, 1.165) is 52.9 Å². The lowest BCUT2D eigenvalue weighted by atomic mass is 9.90. The van der Waals surface area contributed by atoms with Crippen LogP contribution in [0.1, 0.15) is 70.3 Å². The lowest BCUT2D eigenvalue weighted by molar-refractivity contribution is -0.136. The van der Waals surface area contributed by atoms with Gasteiger partial charge in [0, 0.05) is 30.8 Å². The lowest BCUT2D eigenvalue weighted by Gasteiger charge is -2.40. The topological polar surface area (TPSA) is 125 Å². The summed E-state index contributed by atoms with van der Waals surface area (Å²) in [6, 6.07) is 8.16. The third kappa shape index (κ3) is 5.07. The summed E-state index contributed by atoms with van der Waals surface area (Å²) in [5.74, 6) is -1.67. The molecule has 1 aromatic heterocycles. The number of carbonyl (C=O) groups excluding carboxylic acids is 4. The maximum Gasteiger partial charge on any atom is 0.262 e. The predicted molar refractivity (Wildman–Crippen MR) is 169 cm³/mol. The van der Waals surface area contributed by atoms with Crippen LogP contribution in [0.2, 0.25) is 0 Å². The van der Waals surface area contributed by atoms with Crippen LogP contribution in [0.15, 0.2) is 46.5 Å². The van der Waals surface area contributed by atoms with Gasteiger partial charge in [0.2, 0.25) is 11.8 Å². The van der Waals surface area contributed by atoms with Gasteiger partial charge < -0.3 is 14.7 Å². The van der Waals surface area contributed by atoms with E-state index in [0.29, 0.717) is 24.4 Å². The highest BCUT2D eigenvalue weighted by Crippen LogP contribution is 2.44. The standard InChI is InChI=1S/C35H36FN5O5/c1-17-6-8-28(17)40(30-12-21(7-5-18(30)2)32-19(3)39-46-20(32)4)16-23-11-22(23)15-37-27-14-25-24(13-26(27)36)34(44)41(35(25)45)29-9-10-31(42)38-33(29)43/h5-7,12-14,22-23,28-29,37H,8-11,15-16H2,1-4H3,(H,38,42,43)/t22?,23-,28-,29?/m1/s1. The molecule has 0 spiro atoms. The number of aryl methyl sites for hydroxylation is 3. The van der Waals surface area contributed by atoms with Crippen molar-refractivity contribution in [1.82, 2.24) is 15.4 Å². The molecule has 10 nitrogen and oxygen atoms in total. The average molecular weight is 626 g/mol. The van der Waals surface area contributed by atoms with E-state index in [1.807, 2.05) is 13.8 Å². The molecule has 2 aromatic carbocycles. The number of fused-ring (bicyclic) bond motifs is 1. The van der Waals surface area contributed by atoms with E-state index in [4.69, 9.17) is 4.52 Å². The van der Waals surface area contributed by atoms with Crippen molar-refractivity contribution in [1.29, 1.82) is 0 Å². The fourth-order valence-corrected chi connectivity index (χ4v) is 7.10. The van der Waals surface area contributed by atoms with E-state index in [9.17, 15) is 19.2 Å². The van der Waals surface area contributed by atoms with E-state index in [1.54, 1.807) is 0 Å². The first kappa shape index (κ1) is 29.9. The summed E-state index contributed by atoms with van der Waals surface area (Å²) in [5, 5.41) is 9.50. The summed E-state index contributed by atoms with van der Waals surface area (Å²) in [6.07, 6.45) is 4.30. The van der Waals surface area contributed by atoms with Crippen LogP contribution in [0.25, 0.3) is 11.1 Å². The first-order chi connectivity index (χ1) is 22.0. The molecule has 4 aliphatic rings. The second-order valence-corrected chi connectivity index (χ2v) is 13.0. The van der Waals surface area contributed by atoms with E-state index in [1.165, 1.54) is 22.9 Å². The van der Waals surface area contributed by atoms with Crippen molar-refractivity contribution < 1.29 is 28.1 Å². The highest BCUT2D eigenvalue weighted by atomic mass is 19.1. The number of imide groups is 2. The van der Waals surface area contributed by atoms with Gasteiger partial charge in [-0.15, -0.1) is 0 Å². The number of nitrogens with zero attached hydrogens (tertiary/aromatic N) is 3. The van der Waals surface area contributed by atoms with Crippen LogP contribution in [-0.4, -0.2) is 58.9 Å². The molecule has 2 fully saturated rings. The van der Waals surface area contributed by atoms with Crippen LogP contribution < -0.4 is 15.5 Å². The Morgan fingerprint density at radius 1 is 1.04 bits per heavy atom. The maximum atomic E-state index is 15.2. The molecule has 0 bridgehead atoms. The molecule has 3 aromatic rings. The zero-order valence-electron chi connectivity index (χ0n) is 26.3. The van der Waals surface area contributed by atoms with Gasteiger partial charge in [-0.3, -0.25) is 29.4 Å². The summed E-state index contributed by atoms with van der Waals surface area (Å²) in [7, 11) is 0. The summed E-state index contributed by atoms with van der Waals surface area (Å²) in [4.78, 5) is 53.5. The molecular weight excluding hydrogens is 589 g/mol. The van der Waals surface area contributed by atoms with Gasteiger partial charge in [0.15, 0.2) is 0 Å². The van der Waals surface area contributed by atoms with Crippen LogP contribution in [0.3, 0.4) is 0 Å². The Labute approximate surface area is 266 Å². The molecule has 46 heavy (non-hydrogen) atoms. The van der Waals surface area contributed by atoms with E-state index >= 15 is 4.39 Å². The Balaban J connectivity index is 1.05. The molecule has 7 rings (SSSR count). The average Bonchev–Trinajstić information content (AvgIpc) is 3.61. The molecule has 2 aliphatic carbocycles. The minimum absolute atomic E-state index is 0.0216. The number of hydrogen-bond donors (Lipinski definition) is 2. The van der Waals surface area contributed by atoms with Crippen LogP contribution in [0.4, 0.5) is 15.8 Å². The molecule has 1 saturated heterocycles. The smallest absolute Gasteiger partial charge is 0.262 e. The predicted octanol–water partition coefficient (Wildman–Crippen LogP) is 5.08. The van der Waals surface area contributed by atoms with Crippen LogP contribution in [-0.2, 0) is 9.59 Å². The van der Waals surface area contributed by atoms with Gasteiger partial charge in [-0.2, -0.15) is 0 Å². The normalized spacial score (nSPS) is 23.6. The summed E-state index contributed by atoms with van der Waals surface area (Å²) < 4.78 is 20.6. The first-order valence-electron chi connectivity index (χ1n) is 15.8. The van der Waals surface area contributed by atoms with Gasteiger partial charge in [0.25, 0.3) is 11.8 Å². The van der Waals surface area contributed by atoms with Gasteiger partial charge in [0.05, 0.1) is 28.6 Å². The number of nitrogens with one attached hydrogen (secondary N) is 2. The Kier molecular flexibility index (Phi) is 7.29. The first-order valence-corrected chi connectivity index (χ1v) is 15.8. The minimum Gasteiger partial charge on any atom is -0.382 e. The van der Waals surface area contributed by atoms with Crippen LogP contribution in [0, 0.1) is 38.4 Å². The molecule has 1 saturated carbocycles. The fraction of sp³-hybridized carbons (Fsp3) is 0.400. The van der Waals surface area contributed by atoms with Crippen molar-refractivity contribution in [3.8, 4) is 11.1 Å². The van der Waals surface area contributed by atoms with Gasteiger partial charge >= 0.3 is 0 Å². The highest BCUT2D eigenvalue weighted by Gasteiger charge is 2.45. The molecule has 4 atom stereocenters. The van der Waals surface area contributed by atoms with Crippen LogP contribution >= 0.6 is 0 Å². The number of carbonyl (C=O) groups is 4. The SMILES string of the molecule is CC1=CC[C@H]1N(C[C@H]1CC1CNc1cc2c(cc1F)C(=O)N(C1CCC(=O)NC1=O)C2=O)c1cc(-c2c(C)noc2C)ccc1C. The minimum atomic E-state index is -1.09. The van der Waals surface area contributed by atoms with Crippen molar-refractivity contribution >= 4 is 35.0 Å². The van der Waals surface area contributed by atoms with E-state index in [-0.39, 0.29) is 29.7 Å². The van der Waals surface area contributed by atoms with Crippen molar-refractivity contribution in [3.05, 3.63) is 75.9 Å². The molecule has 238 valence electrons. The van der Waals surface area contributed by atoms with Crippen molar-refractivity contribution in [2.75, 3.05) is 23.3 Å². The number of amides is 4. The third-order valence-corrected chi connectivity index (χ3v) is 9.99. The second kappa shape index (κ2) is 11.2. The zero-order chi connectivity index (χ0) is 32.4. The Morgan fingerprint density at radius 3 is 2.46 bits per heavy atom. The molecule has 2 N–H and O–H groups in total. The third-order valence-electron chi connectivity index (χ3n) is 9.99. The summed E-state index contributed by atoms with van der Waals surface area (Å²) in [5.41, 5.74) is 6.81. The number of halogens is 1. The Hall–Kier alpha value is -4.80. The Morgan fingerprint density at radius 2 is 1.80 bits per heavy atom. The zero-order valence-corrected chi connectivity index (χ0v) is 26.3.